The predicted molar refractivity (Wildman–Crippen MR) is 90.9 cm³/mol. The van der Waals surface area contributed by atoms with Crippen LogP contribution < -0.4 is 15.1 Å². The zero-order chi connectivity index (χ0) is 17.0. The summed E-state index contributed by atoms with van der Waals surface area (Å²) < 4.78 is 20.7. The van der Waals surface area contributed by atoms with Crippen LogP contribution in [-0.4, -0.2) is 29.9 Å². The van der Waals surface area contributed by atoms with E-state index in [0.29, 0.717) is 23.8 Å². The van der Waals surface area contributed by atoms with Gasteiger partial charge in [0.1, 0.15) is 11.5 Å². The zero-order valence-electron chi connectivity index (χ0n) is 13.3. The standard InChI is InChI=1S/C18H20NO4P/c20-18(21)14-19-12-4-5-13-24(19,22)17-10-8-16(9-11-17)23-15-6-2-1-3-7-15/h1-3,6-11H,4-5,12-14H2,(H,20,21)/p-1. The number of para-hydroxylation sites is 1. The molecule has 0 saturated carbocycles. The molecule has 0 N–H and O–H groups in total. The third-order valence-electron chi connectivity index (χ3n) is 4.12. The van der Waals surface area contributed by atoms with Crippen LogP contribution >= 0.6 is 7.29 Å². The molecule has 0 bridgehead atoms. The van der Waals surface area contributed by atoms with Crippen molar-refractivity contribution in [2.24, 2.45) is 0 Å². The smallest absolute Gasteiger partial charge is 0.179 e. The molecule has 0 aromatic heterocycles. The van der Waals surface area contributed by atoms with Crippen LogP contribution in [0.25, 0.3) is 0 Å². The monoisotopic (exact) mass is 344 g/mol. The van der Waals surface area contributed by atoms with Crippen molar-refractivity contribution in [1.29, 1.82) is 0 Å². The summed E-state index contributed by atoms with van der Waals surface area (Å²) in [7, 11) is -2.88. The highest BCUT2D eigenvalue weighted by Gasteiger charge is 2.34. The number of carbonyl (C=O) groups excluding carboxylic acids is 1. The first kappa shape index (κ1) is 16.7. The van der Waals surface area contributed by atoms with E-state index in [0.717, 1.165) is 18.6 Å². The highest BCUT2D eigenvalue weighted by Crippen LogP contribution is 2.51. The van der Waals surface area contributed by atoms with Gasteiger partial charge in [0, 0.05) is 24.6 Å². The number of aliphatic carboxylic acids is 1. The molecule has 0 aliphatic carbocycles. The van der Waals surface area contributed by atoms with Gasteiger partial charge >= 0.3 is 0 Å². The van der Waals surface area contributed by atoms with Crippen molar-refractivity contribution in [1.82, 2.24) is 4.67 Å². The summed E-state index contributed by atoms with van der Waals surface area (Å²) in [5, 5.41) is 11.6. The van der Waals surface area contributed by atoms with Gasteiger partial charge in [-0.3, -0.25) is 0 Å². The first-order chi connectivity index (χ1) is 11.6. The molecule has 1 aliphatic heterocycles. The van der Waals surface area contributed by atoms with Crippen LogP contribution in [0.3, 0.4) is 0 Å². The van der Waals surface area contributed by atoms with E-state index in [1.54, 1.807) is 28.9 Å². The second-order valence-electron chi connectivity index (χ2n) is 5.80. The zero-order valence-corrected chi connectivity index (χ0v) is 14.2. The van der Waals surface area contributed by atoms with Gasteiger partial charge in [-0.2, -0.15) is 0 Å². The van der Waals surface area contributed by atoms with Crippen molar-refractivity contribution < 1.29 is 19.2 Å². The Kier molecular flexibility index (Phi) is 5.03. The normalized spacial score (nSPS) is 21.3. The lowest BCUT2D eigenvalue weighted by Gasteiger charge is -2.36. The van der Waals surface area contributed by atoms with Gasteiger partial charge in [0.15, 0.2) is 7.29 Å². The highest BCUT2D eigenvalue weighted by molar-refractivity contribution is 7.69. The van der Waals surface area contributed by atoms with E-state index < -0.39 is 13.3 Å². The van der Waals surface area contributed by atoms with Gasteiger partial charge in [0.05, 0.1) is 5.97 Å². The number of carboxylic acids is 1. The summed E-state index contributed by atoms with van der Waals surface area (Å²) in [4.78, 5) is 11.0. The maximum Gasteiger partial charge on any atom is 0.179 e. The number of hydrogen-bond acceptors (Lipinski definition) is 4. The Hall–Kier alpha value is -2.10. The molecule has 1 unspecified atom stereocenters. The van der Waals surface area contributed by atoms with Crippen molar-refractivity contribution >= 4 is 18.6 Å². The summed E-state index contributed by atoms with van der Waals surface area (Å²) in [5.41, 5.74) is 0. The van der Waals surface area contributed by atoms with E-state index in [9.17, 15) is 14.5 Å². The van der Waals surface area contributed by atoms with Gasteiger partial charge in [-0.05, 0) is 49.2 Å². The van der Waals surface area contributed by atoms with E-state index in [1.807, 2.05) is 30.3 Å². The van der Waals surface area contributed by atoms with E-state index in [-0.39, 0.29) is 6.54 Å². The van der Waals surface area contributed by atoms with Gasteiger partial charge in [-0.25, -0.2) is 4.67 Å². The van der Waals surface area contributed by atoms with Crippen LogP contribution in [0.2, 0.25) is 0 Å². The molecule has 0 radical (unpaired) electrons. The van der Waals surface area contributed by atoms with Gasteiger partial charge in [0.25, 0.3) is 0 Å². The largest absolute Gasteiger partial charge is 0.549 e. The Labute approximate surface area is 141 Å². The summed E-state index contributed by atoms with van der Waals surface area (Å²) in [6.45, 7) is 0.229. The van der Waals surface area contributed by atoms with Crippen molar-refractivity contribution in [3.8, 4) is 11.5 Å². The molecule has 1 heterocycles. The van der Waals surface area contributed by atoms with Crippen LogP contribution in [0.15, 0.2) is 54.6 Å². The molecule has 1 atom stereocenters. The van der Waals surface area contributed by atoms with E-state index in [1.165, 1.54) is 0 Å². The van der Waals surface area contributed by atoms with E-state index in [2.05, 4.69) is 0 Å². The molecular formula is C18H19NO4P-. The predicted octanol–water partition coefficient (Wildman–Crippen LogP) is 2.23. The Morgan fingerprint density at radius 3 is 2.38 bits per heavy atom. The van der Waals surface area contributed by atoms with Crippen LogP contribution in [0.4, 0.5) is 0 Å². The highest BCUT2D eigenvalue weighted by atomic mass is 31.2. The molecule has 3 rings (SSSR count). The quantitative estimate of drug-likeness (QED) is 0.778. The van der Waals surface area contributed by atoms with Crippen LogP contribution in [0.5, 0.6) is 11.5 Å². The molecule has 0 spiro atoms. The number of benzene rings is 2. The number of ether oxygens (including phenoxy) is 1. The Morgan fingerprint density at radius 2 is 1.71 bits per heavy atom. The molecular weight excluding hydrogens is 325 g/mol. The van der Waals surface area contributed by atoms with Gasteiger partial charge in [-0.1, -0.05) is 18.2 Å². The minimum atomic E-state index is -2.88. The molecule has 126 valence electrons. The SMILES string of the molecule is O=C([O-])CN1CCCCP1(=O)c1ccc(Oc2ccccc2)cc1. The first-order valence-electron chi connectivity index (χ1n) is 7.96. The van der Waals surface area contributed by atoms with Crippen LogP contribution in [0.1, 0.15) is 12.8 Å². The number of nitrogens with zero attached hydrogens (tertiary/aromatic N) is 1. The molecule has 2 aromatic carbocycles. The maximum absolute atomic E-state index is 13.4. The minimum absolute atomic E-state index is 0.292. The van der Waals surface area contributed by atoms with Crippen molar-refractivity contribution in [3.05, 3.63) is 54.6 Å². The number of hydrogen-bond donors (Lipinski definition) is 0. The lowest BCUT2D eigenvalue weighted by atomic mass is 10.3. The molecule has 24 heavy (non-hydrogen) atoms. The summed E-state index contributed by atoms with van der Waals surface area (Å²) in [6, 6.07) is 16.5. The van der Waals surface area contributed by atoms with Crippen LogP contribution in [-0.2, 0) is 9.36 Å². The van der Waals surface area contributed by atoms with Gasteiger partial charge in [-0.15, -0.1) is 0 Å². The number of rotatable bonds is 5. The topological polar surface area (TPSA) is 69.7 Å². The van der Waals surface area contributed by atoms with Gasteiger partial charge in [0.2, 0.25) is 0 Å². The maximum atomic E-state index is 13.4. The second kappa shape index (κ2) is 7.20. The summed E-state index contributed by atoms with van der Waals surface area (Å²) in [6.07, 6.45) is 2.19. The molecule has 0 amide bonds. The molecule has 1 saturated heterocycles. The molecule has 6 heteroatoms. The van der Waals surface area contributed by atoms with Crippen LogP contribution in [0, 0.1) is 0 Å². The number of carboxylic acid groups (broad SMARTS) is 1. The molecule has 2 aromatic rings. The fourth-order valence-corrected chi connectivity index (χ4v) is 5.87. The first-order valence-corrected chi connectivity index (χ1v) is 9.80. The average Bonchev–Trinajstić information content (AvgIpc) is 2.58. The molecule has 1 fully saturated rings. The van der Waals surface area contributed by atoms with Crippen molar-refractivity contribution in [3.63, 3.8) is 0 Å². The van der Waals surface area contributed by atoms with Gasteiger partial charge < -0.3 is 19.2 Å². The fourth-order valence-electron chi connectivity index (χ4n) is 2.93. The van der Waals surface area contributed by atoms with Crippen molar-refractivity contribution in [2.75, 3.05) is 19.3 Å². The third-order valence-corrected chi connectivity index (χ3v) is 7.40. The lowest BCUT2D eigenvalue weighted by molar-refractivity contribution is -0.305. The van der Waals surface area contributed by atoms with Crippen molar-refractivity contribution in [2.45, 2.75) is 12.8 Å². The minimum Gasteiger partial charge on any atom is -0.549 e. The number of carbonyl (C=O) groups is 1. The average molecular weight is 344 g/mol. The second-order valence-corrected chi connectivity index (χ2v) is 8.73. The Bertz CT molecular complexity index is 745. The summed E-state index contributed by atoms with van der Waals surface area (Å²) >= 11 is 0. The fraction of sp³-hybridized carbons (Fsp3) is 0.278. The molecule has 5 nitrogen and oxygen atoms in total. The Morgan fingerprint density at radius 1 is 1.04 bits per heavy atom. The third kappa shape index (κ3) is 3.69. The van der Waals surface area contributed by atoms with E-state index in [4.69, 9.17) is 4.74 Å². The van der Waals surface area contributed by atoms with E-state index >= 15 is 0 Å². The summed E-state index contributed by atoms with van der Waals surface area (Å²) in [5.74, 6) is 0.189. The molecule has 1 aliphatic rings. The lowest BCUT2D eigenvalue weighted by Crippen LogP contribution is -2.41. The Balaban J connectivity index is 1.80.